The van der Waals surface area contributed by atoms with Gasteiger partial charge in [0.05, 0.1) is 19.8 Å². The van der Waals surface area contributed by atoms with Crippen molar-refractivity contribution >= 4 is 11.6 Å². The van der Waals surface area contributed by atoms with Gasteiger partial charge in [-0.2, -0.15) is 0 Å². The van der Waals surface area contributed by atoms with Crippen molar-refractivity contribution < 1.29 is 23.0 Å². The lowest BCUT2D eigenvalue weighted by Crippen LogP contribution is -2.33. The molecule has 2 heterocycles. The Morgan fingerprint density at radius 1 is 1.04 bits per heavy atom. The number of nitrogens with one attached hydrogen (secondary N) is 1. The van der Waals surface area contributed by atoms with Crippen molar-refractivity contribution in [3.8, 4) is 11.5 Å². The fourth-order valence-corrected chi connectivity index (χ4v) is 3.74. The van der Waals surface area contributed by atoms with Gasteiger partial charge in [-0.15, -0.1) is 0 Å². The standard InChI is InChI=1S/C21H22F2N2O3/c22-16-6-5-15(12-17(16)23)24-21(26)13-25-8-1-3-18(25)14-4-7-19-20(11-14)28-10-2-9-27-19/h4-7,11-12,18H,1-3,8-10,13H2,(H,24,26)/t18-/m0/s1. The molecule has 0 radical (unpaired) electrons. The van der Waals surface area contributed by atoms with Crippen LogP contribution in [0, 0.1) is 11.6 Å². The van der Waals surface area contributed by atoms with Gasteiger partial charge in [0.1, 0.15) is 0 Å². The molecule has 1 saturated heterocycles. The van der Waals surface area contributed by atoms with Gasteiger partial charge in [0.25, 0.3) is 0 Å². The first-order valence-electron chi connectivity index (χ1n) is 9.48. The van der Waals surface area contributed by atoms with Crippen molar-refractivity contribution in [3.63, 3.8) is 0 Å². The highest BCUT2D eigenvalue weighted by molar-refractivity contribution is 5.92. The number of carbonyl (C=O) groups excluding carboxylic acids is 1. The van der Waals surface area contributed by atoms with E-state index in [0.29, 0.717) is 13.2 Å². The monoisotopic (exact) mass is 388 g/mol. The molecule has 1 N–H and O–H groups in total. The lowest BCUT2D eigenvalue weighted by Gasteiger charge is -2.25. The Morgan fingerprint density at radius 3 is 2.68 bits per heavy atom. The molecule has 2 aliphatic heterocycles. The van der Waals surface area contributed by atoms with Crippen molar-refractivity contribution in [1.29, 1.82) is 0 Å². The van der Waals surface area contributed by atoms with E-state index in [2.05, 4.69) is 10.2 Å². The number of rotatable bonds is 4. The summed E-state index contributed by atoms with van der Waals surface area (Å²) in [6.45, 7) is 2.25. The Bertz CT molecular complexity index is 875. The van der Waals surface area contributed by atoms with Gasteiger partial charge >= 0.3 is 0 Å². The molecule has 1 fully saturated rings. The summed E-state index contributed by atoms with van der Waals surface area (Å²) in [7, 11) is 0. The summed E-state index contributed by atoms with van der Waals surface area (Å²) in [5.41, 5.74) is 1.33. The Kier molecular flexibility index (Phi) is 5.43. The third kappa shape index (κ3) is 4.09. The molecule has 5 nitrogen and oxygen atoms in total. The molecule has 28 heavy (non-hydrogen) atoms. The number of likely N-dealkylation sites (tertiary alicyclic amines) is 1. The first kappa shape index (κ1) is 18.7. The highest BCUT2D eigenvalue weighted by Crippen LogP contribution is 2.37. The zero-order valence-electron chi connectivity index (χ0n) is 15.4. The molecule has 0 bridgehead atoms. The maximum atomic E-state index is 13.3. The van der Waals surface area contributed by atoms with Crippen LogP contribution in [0.1, 0.15) is 30.9 Å². The van der Waals surface area contributed by atoms with Crippen LogP contribution in [-0.4, -0.2) is 37.1 Å². The quantitative estimate of drug-likeness (QED) is 0.863. The third-order valence-corrected chi connectivity index (χ3v) is 5.07. The van der Waals surface area contributed by atoms with Crippen molar-refractivity contribution in [2.24, 2.45) is 0 Å². The Hall–Kier alpha value is -2.67. The predicted molar refractivity (Wildman–Crippen MR) is 101 cm³/mol. The number of fused-ring (bicyclic) bond motifs is 1. The van der Waals surface area contributed by atoms with Gasteiger partial charge < -0.3 is 14.8 Å². The predicted octanol–water partition coefficient (Wildman–Crippen LogP) is 3.90. The van der Waals surface area contributed by atoms with Crippen LogP contribution in [0.5, 0.6) is 11.5 Å². The highest BCUT2D eigenvalue weighted by Gasteiger charge is 2.28. The van der Waals surface area contributed by atoms with E-state index in [1.165, 1.54) is 6.07 Å². The summed E-state index contributed by atoms with van der Waals surface area (Å²) in [4.78, 5) is 14.5. The molecule has 2 aromatic rings. The van der Waals surface area contributed by atoms with Crippen LogP contribution in [0.4, 0.5) is 14.5 Å². The van der Waals surface area contributed by atoms with E-state index in [4.69, 9.17) is 9.47 Å². The maximum absolute atomic E-state index is 13.3. The van der Waals surface area contributed by atoms with E-state index in [9.17, 15) is 13.6 Å². The summed E-state index contributed by atoms with van der Waals surface area (Å²) in [5.74, 6) is -0.682. The second-order valence-corrected chi connectivity index (χ2v) is 7.06. The van der Waals surface area contributed by atoms with E-state index < -0.39 is 11.6 Å². The van der Waals surface area contributed by atoms with E-state index in [0.717, 1.165) is 55.0 Å². The third-order valence-electron chi connectivity index (χ3n) is 5.07. The average molecular weight is 388 g/mol. The van der Waals surface area contributed by atoms with Crippen LogP contribution in [-0.2, 0) is 4.79 Å². The molecule has 0 unspecified atom stereocenters. The molecule has 0 aromatic heterocycles. The Morgan fingerprint density at radius 2 is 1.86 bits per heavy atom. The molecule has 2 aliphatic rings. The van der Waals surface area contributed by atoms with Crippen molar-refractivity contribution in [3.05, 3.63) is 53.6 Å². The summed E-state index contributed by atoms with van der Waals surface area (Å²) in [6, 6.07) is 9.38. The van der Waals surface area contributed by atoms with Crippen molar-refractivity contribution in [2.45, 2.75) is 25.3 Å². The van der Waals surface area contributed by atoms with E-state index in [1.54, 1.807) is 0 Å². The minimum absolute atomic E-state index is 0.104. The number of hydrogen-bond donors (Lipinski definition) is 1. The molecule has 1 amide bonds. The number of benzene rings is 2. The molecule has 7 heteroatoms. The number of carbonyl (C=O) groups is 1. The zero-order valence-corrected chi connectivity index (χ0v) is 15.4. The number of halogens is 2. The molecule has 1 atom stereocenters. The molecule has 148 valence electrons. The lowest BCUT2D eigenvalue weighted by atomic mass is 10.0. The van der Waals surface area contributed by atoms with Crippen LogP contribution in [0.25, 0.3) is 0 Å². The summed E-state index contributed by atoms with van der Waals surface area (Å²) in [6.07, 6.45) is 2.78. The first-order valence-corrected chi connectivity index (χ1v) is 9.48. The molecule has 0 saturated carbocycles. The Balaban J connectivity index is 1.44. The van der Waals surface area contributed by atoms with E-state index >= 15 is 0 Å². The van der Waals surface area contributed by atoms with Gasteiger partial charge in [-0.1, -0.05) is 6.07 Å². The van der Waals surface area contributed by atoms with Crippen LogP contribution in [0.15, 0.2) is 36.4 Å². The molecule has 4 rings (SSSR count). The molecular formula is C21H22F2N2O3. The number of anilines is 1. The second kappa shape index (κ2) is 8.14. The van der Waals surface area contributed by atoms with Crippen molar-refractivity contribution in [1.82, 2.24) is 4.90 Å². The lowest BCUT2D eigenvalue weighted by molar-refractivity contribution is -0.117. The zero-order chi connectivity index (χ0) is 19.5. The molecule has 0 spiro atoms. The smallest absolute Gasteiger partial charge is 0.238 e. The van der Waals surface area contributed by atoms with E-state index in [1.807, 2.05) is 18.2 Å². The topological polar surface area (TPSA) is 50.8 Å². The van der Waals surface area contributed by atoms with Gasteiger partial charge in [-0.3, -0.25) is 9.69 Å². The average Bonchev–Trinajstić information content (AvgIpc) is 3.00. The van der Waals surface area contributed by atoms with Crippen LogP contribution < -0.4 is 14.8 Å². The second-order valence-electron chi connectivity index (χ2n) is 7.06. The van der Waals surface area contributed by atoms with Gasteiger partial charge in [0, 0.05) is 24.2 Å². The molecule has 2 aromatic carbocycles. The van der Waals surface area contributed by atoms with Gasteiger partial charge in [-0.05, 0) is 49.2 Å². The van der Waals surface area contributed by atoms with Crippen LogP contribution >= 0.6 is 0 Å². The van der Waals surface area contributed by atoms with Gasteiger partial charge in [0.2, 0.25) is 5.91 Å². The summed E-state index contributed by atoms with van der Waals surface area (Å²) in [5, 5.41) is 2.64. The van der Waals surface area contributed by atoms with Gasteiger partial charge in [-0.25, -0.2) is 8.78 Å². The SMILES string of the molecule is O=C(CN1CCC[C@H]1c1ccc2c(c1)OCCCO2)Nc1ccc(F)c(F)c1. The highest BCUT2D eigenvalue weighted by atomic mass is 19.2. The minimum atomic E-state index is -0.982. The fraction of sp³-hybridized carbons (Fsp3) is 0.381. The minimum Gasteiger partial charge on any atom is -0.490 e. The Labute approximate surface area is 162 Å². The van der Waals surface area contributed by atoms with Gasteiger partial charge in [0.15, 0.2) is 23.1 Å². The molecular weight excluding hydrogens is 366 g/mol. The number of ether oxygens (including phenoxy) is 2. The number of hydrogen-bond acceptors (Lipinski definition) is 4. The van der Waals surface area contributed by atoms with Crippen LogP contribution in [0.2, 0.25) is 0 Å². The van der Waals surface area contributed by atoms with E-state index in [-0.39, 0.29) is 24.2 Å². The normalized spacial score (nSPS) is 19.3. The largest absolute Gasteiger partial charge is 0.490 e. The van der Waals surface area contributed by atoms with Crippen molar-refractivity contribution in [2.75, 3.05) is 31.6 Å². The molecule has 0 aliphatic carbocycles. The van der Waals surface area contributed by atoms with Crippen LogP contribution in [0.3, 0.4) is 0 Å². The summed E-state index contributed by atoms with van der Waals surface area (Å²) >= 11 is 0. The fourth-order valence-electron chi connectivity index (χ4n) is 3.74. The summed E-state index contributed by atoms with van der Waals surface area (Å²) < 4.78 is 37.8. The first-order chi connectivity index (χ1) is 13.6. The number of amides is 1. The number of nitrogens with zero attached hydrogens (tertiary/aromatic N) is 1. The maximum Gasteiger partial charge on any atom is 0.238 e.